The fourth-order valence-electron chi connectivity index (χ4n) is 3.72. The SMILES string of the molecule is N[C@H]1CCN(C(=O)N2CCN(Cc3ccccc3)c3ccccc32)C1. The molecular weight excluding hydrogens is 312 g/mol. The lowest BCUT2D eigenvalue weighted by Crippen LogP contribution is -2.49. The number of likely N-dealkylation sites (tertiary alicyclic amines) is 1. The zero-order valence-electron chi connectivity index (χ0n) is 14.3. The van der Waals surface area contributed by atoms with Gasteiger partial charge in [0, 0.05) is 38.8 Å². The van der Waals surface area contributed by atoms with Gasteiger partial charge in [-0.15, -0.1) is 0 Å². The maximum atomic E-state index is 13.0. The first-order chi connectivity index (χ1) is 12.2. The number of hydrogen-bond acceptors (Lipinski definition) is 3. The van der Waals surface area contributed by atoms with Crippen LogP contribution in [0.4, 0.5) is 16.2 Å². The van der Waals surface area contributed by atoms with Crippen molar-refractivity contribution in [1.29, 1.82) is 0 Å². The summed E-state index contributed by atoms with van der Waals surface area (Å²) in [5, 5.41) is 0. The second-order valence-electron chi connectivity index (χ2n) is 6.82. The van der Waals surface area contributed by atoms with Gasteiger partial charge in [-0.25, -0.2) is 4.79 Å². The number of urea groups is 1. The lowest BCUT2D eigenvalue weighted by atomic mass is 10.1. The number of para-hydroxylation sites is 2. The molecule has 0 radical (unpaired) electrons. The highest BCUT2D eigenvalue weighted by molar-refractivity contribution is 5.97. The van der Waals surface area contributed by atoms with Gasteiger partial charge in [0.25, 0.3) is 0 Å². The number of hydrogen-bond donors (Lipinski definition) is 1. The van der Waals surface area contributed by atoms with Crippen molar-refractivity contribution in [2.45, 2.75) is 19.0 Å². The van der Waals surface area contributed by atoms with Crippen molar-refractivity contribution in [2.24, 2.45) is 5.73 Å². The standard InChI is InChI=1S/C20H24N4O/c21-17-10-11-23(15-17)20(25)24-13-12-22(14-16-6-2-1-3-7-16)18-8-4-5-9-19(18)24/h1-9,17H,10-15,21H2/t17-/m0/s1. The Morgan fingerprint density at radius 1 is 0.960 bits per heavy atom. The van der Waals surface area contributed by atoms with E-state index in [0.717, 1.165) is 37.4 Å². The van der Waals surface area contributed by atoms with Crippen LogP contribution in [0, 0.1) is 0 Å². The summed E-state index contributed by atoms with van der Waals surface area (Å²) < 4.78 is 0. The van der Waals surface area contributed by atoms with E-state index in [-0.39, 0.29) is 12.1 Å². The summed E-state index contributed by atoms with van der Waals surface area (Å²) in [6.07, 6.45) is 0.890. The van der Waals surface area contributed by atoms with Gasteiger partial charge in [-0.2, -0.15) is 0 Å². The lowest BCUT2D eigenvalue weighted by molar-refractivity contribution is 0.214. The van der Waals surface area contributed by atoms with Crippen LogP contribution in [-0.2, 0) is 6.54 Å². The van der Waals surface area contributed by atoms with E-state index in [9.17, 15) is 4.79 Å². The van der Waals surface area contributed by atoms with Crippen molar-refractivity contribution in [1.82, 2.24) is 4.90 Å². The number of carbonyl (C=O) groups excluding carboxylic acids is 1. The number of nitrogens with zero attached hydrogens (tertiary/aromatic N) is 3. The minimum Gasteiger partial charge on any atom is -0.364 e. The summed E-state index contributed by atoms with van der Waals surface area (Å²) in [7, 11) is 0. The van der Waals surface area contributed by atoms with Gasteiger partial charge in [0.2, 0.25) is 0 Å². The highest BCUT2D eigenvalue weighted by Gasteiger charge is 2.32. The predicted molar refractivity (Wildman–Crippen MR) is 101 cm³/mol. The van der Waals surface area contributed by atoms with Gasteiger partial charge in [0.1, 0.15) is 0 Å². The number of amides is 2. The molecule has 2 aliphatic rings. The van der Waals surface area contributed by atoms with E-state index in [1.165, 1.54) is 5.56 Å². The molecule has 0 unspecified atom stereocenters. The van der Waals surface area contributed by atoms with Crippen LogP contribution in [0.5, 0.6) is 0 Å². The van der Waals surface area contributed by atoms with Gasteiger partial charge in [0.05, 0.1) is 11.4 Å². The van der Waals surface area contributed by atoms with E-state index in [0.29, 0.717) is 13.1 Å². The number of anilines is 2. The molecule has 5 nitrogen and oxygen atoms in total. The van der Waals surface area contributed by atoms with Crippen LogP contribution < -0.4 is 15.5 Å². The minimum absolute atomic E-state index is 0.0831. The lowest BCUT2D eigenvalue weighted by Gasteiger charge is -2.39. The van der Waals surface area contributed by atoms with Crippen molar-refractivity contribution in [3.63, 3.8) is 0 Å². The molecule has 25 heavy (non-hydrogen) atoms. The summed E-state index contributed by atoms with van der Waals surface area (Å²) in [5.41, 5.74) is 9.37. The molecular formula is C20H24N4O. The summed E-state index contributed by atoms with van der Waals surface area (Å²) >= 11 is 0. The normalized spacial score (nSPS) is 19.9. The van der Waals surface area contributed by atoms with E-state index in [1.54, 1.807) is 0 Å². The van der Waals surface area contributed by atoms with Crippen molar-refractivity contribution < 1.29 is 4.79 Å². The van der Waals surface area contributed by atoms with E-state index in [2.05, 4.69) is 35.2 Å². The average molecular weight is 336 g/mol. The Morgan fingerprint density at radius 2 is 1.68 bits per heavy atom. The summed E-state index contributed by atoms with van der Waals surface area (Å²) in [4.78, 5) is 19.1. The number of rotatable bonds is 2. The van der Waals surface area contributed by atoms with Gasteiger partial charge < -0.3 is 15.5 Å². The fraction of sp³-hybridized carbons (Fsp3) is 0.350. The monoisotopic (exact) mass is 336 g/mol. The molecule has 1 saturated heterocycles. The minimum atomic E-state index is 0.0831. The second kappa shape index (κ2) is 6.76. The van der Waals surface area contributed by atoms with Gasteiger partial charge in [-0.05, 0) is 24.1 Å². The molecule has 2 aromatic rings. The molecule has 5 heteroatoms. The quantitative estimate of drug-likeness (QED) is 0.917. The van der Waals surface area contributed by atoms with Crippen LogP contribution in [0.3, 0.4) is 0 Å². The summed E-state index contributed by atoms with van der Waals surface area (Å²) in [5.74, 6) is 0. The van der Waals surface area contributed by atoms with Gasteiger partial charge in [-0.3, -0.25) is 4.90 Å². The number of benzene rings is 2. The summed E-state index contributed by atoms with van der Waals surface area (Å²) in [6, 6.07) is 18.8. The fourth-order valence-corrected chi connectivity index (χ4v) is 3.72. The van der Waals surface area contributed by atoms with Crippen LogP contribution >= 0.6 is 0 Å². The van der Waals surface area contributed by atoms with E-state index in [4.69, 9.17) is 5.73 Å². The molecule has 0 aromatic heterocycles. The highest BCUT2D eigenvalue weighted by Crippen LogP contribution is 2.34. The Labute approximate surface area is 148 Å². The van der Waals surface area contributed by atoms with E-state index < -0.39 is 0 Å². The van der Waals surface area contributed by atoms with Gasteiger partial charge >= 0.3 is 6.03 Å². The Bertz CT molecular complexity index is 748. The molecule has 2 N–H and O–H groups in total. The second-order valence-corrected chi connectivity index (χ2v) is 6.82. The first-order valence-electron chi connectivity index (χ1n) is 8.92. The molecule has 0 bridgehead atoms. The van der Waals surface area contributed by atoms with Crippen LogP contribution in [0.15, 0.2) is 54.6 Å². The first kappa shape index (κ1) is 16.0. The van der Waals surface area contributed by atoms with Crippen LogP contribution in [0.2, 0.25) is 0 Å². The van der Waals surface area contributed by atoms with E-state index in [1.807, 2.05) is 34.1 Å². The molecule has 2 aromatic carbocycles. The largest absolute Gasteiger partial charge is 0.364 e. The number of carbonyl (C=O) groups is 1. The number of nitrogens with two attached hydrogens (primary N) is 1. The van der Waals surface area contributed by atoms with Crippen molar-refractivity contribution >= 4 is 17.4 Å². The molecule has 4 rings (SSSR count). The van der Waals surface area contributed by atoms with Crippen LogP contribution in [0.1, 0.15) is 12.0 Å². The molecule has 1 atom stereocenters. The number of fused-ring (bicyclic) bond motifs is 1. The van der Waals surface area contributed by atoms with Crippen molar-refractivity contribution in [3.8, 4) is 0 Å². The Morgan fingerprint density at radius 3 is 2.40 bits per heavy atom. The van der Waals surface area contributed by atoms with Gasteiger partial charge in [0.15, 0.2) is 0 Å². The average Bonchev–Trinajstić information content (AvgIpc) is 3.09. The molecule has 0 saturated carbocycles. The maximum Gasteiger partial charge on any atom is 0.324 e. The molecule has 130 valence electrons. The predicted octanol–water partition coefficient (Wildman–Crippen LogP) is 2.67. The first-order valence-corrected chi connectivity index (χ1v) is 8.92. The maximum absolute atomic E-state index is 13.0. The molecule has 2 heterocycles. The van der Waals surface area contributed by atoms with Crippen LogP contribution in [-0.4, -0.2) is 43.2 Å². The molecule has 2 amide bonds. The molecule has 2 aliphatic heterocycles. The van der Waals surface area contributed by atoms with Crippen molar-refractivity contribution in [3.05, 3.63) is 60.2 Å². The zero-order valence-corrected chi connectivity index (χ0v) is 14.3. The van der Waals surface area contributed by atoms with Gasteiger partial charge in [-0.1, -0.05) is 42.5 Å². The molecule has 1 fully saturated rings. The summed E-state index contributed by atoms with van der Waals surface area (Å²) in [6.45, 7) is 3.80. The van der Waals surface area contributed by atoms with E-state index >= 15 is 0 Å². The highest BCUT2D eigenvalue weighted by atomic mass is 16.2. The topological polar surface area (TPSA) is 52.8 Å². The van der Waals surface area contributed by atoms with Crippen LogP contribution in [0.25, 0.3) is 0 Å². The Kier molecular flexibility index (Phi) is 4.32. The third-order valence-electron chi connectivity index (χ3n) is 5.05. The Balaban J connectivity index is 1.57. The Hall–Kier alpha value is -2.53. The van der Waals surface area contributed by atoms with Crippen molar-refractivity contribution in [2.75, 3.05) is 36.0 Å². The third kappa shape index (κ3) is 3.20. The smallest absolute Gasteiger partial charge is 0.324 e. The molecule has 0 spiro atoms. The third-order valence-corrected chi connectivity index (χ3v) is 5.05. The zero-order chi connectivity index (χ0) is 17.2. The molecule has 0 aliphatic carbocycles.